The molecular weight excluding hydrogens is 341 g/mol. The van der Waals surface area contributed by atoms with Gasteiger partial charge in [-0.3, -0.25) is 9.59 Å². The van der Waals surface area contributed by atoms with Crippen molar-refractivity contribution >= 4 is 23.3 Å². The van der Waals surface area contributed by atoms with Gasteiger partial charge in [0.2, 0.25) is 0 Å². The minimum atomic E-state index is -1.08. The number of rotatable bonds is 7. The lowest BCUT2D eigenvalue weighted by Gasteiger charge is -2.15. The number of esters is 1. The van der Waals surface area contributed by atoms with Crippen LogP contribution in [0.1, 0.15) is 24.2 Å². The maximum absolute atomic E-state index is 12.8. The molecule has 0 aliphatic heterocycles. The highest BCUT2D eigenvalue weighted by Gasteiger charge is 2.19. The number of anilines is 1. The van der Waals surface area contributed by atoms with Gasteiger partial charge >= 0.3 is 5.97 Å². The fraction of sp³-hybridized carbons (Fsp3) is 0.211. The first-order chi connectivity index (χ1) is 12.4. The minimum absolute atomic E-state index is 0.196. The lowest BCUT2D eigenvalue weighted by atomic mass is 10.1. The summed E-state index contributed by atoms with van der Waals surface area (Å²) in [7, 11) is 0. The number of benzene rings is 2. The molecule has 1 amide bonds. The number of carbonyl (C=O) groups excluding carboxylic acids is 3. The van der Waals surface area contributed by atoms with Crippen molar-refractivity contribution in [3.8, 4) is 5.75 Å². The molecule has 0 aliphatic rings. The molecule has 6 nitrogen and oxygen atoms in total. The van der Waals surface area contributed by atoms with Gasteiger partial charge in [0.25, 0.3) is 5.91 Å². The summed E-state index contributed by atoms with van der Waals surface area (Å²) in [5, 5.41) is 2.56. The van der Waals surface area contributed by atoms with Crippen LogP contribution in [-0.4, -0.2) is 30.4 Å². The van der Waals surface area contributed by atoms with E-state index in [1.165, 1.54) is 38.1 Å². The largest absolute Gasteiger partial charge is 0.482 e. The Labute approximate surface area is 149 Å². The highest BCUT2D eigenvalue weighted by atomic mass is 19.1. The summed E-state index contributed by atoms with van der Waals surface area (Å²) < 4.78 is 22.9. The van der Waals surface area contributed by atoms with Crippen molar-refractivity contribution in [1.82, 2.24) is 0 Å². The van der Waals surface area contributed by atoms with Crippen LogP contribution in [0.15, 0.2) is 48.5 Å². The van der Waals surface area contributed by atoms with Gasteiger partial charge in [-0.15, -0.1) is 0 Å². The molecule has 0 fully saturated rings. The van der Waals surface area contributed by atoms with E-state index < -0.39 is 30.4 Å². The average Bonchev–Trinajstić information content (AvgIpc) is 2.61. The van der Waals surface area contributed by atoms with E-state index in [9.17, 15) is 18.8 Å². The van der Waals surface area contributed by atoms with Crippen LogP contribution in [0, 0.1) is 5.82 Å². The van der Waals surface area contributed by atoms with Crippen molar-refractivity contribution in [2.24, 2.45) is 0 Å². The normalized spacial score (nSPS) is 11.3. The second kappa shape index (κ2) is 8.75. The summed E-state index contributed by atoms with van der Waals surface area (Å²) in [5.41, 5.74) is 0.703. The number of halogens is 1. The van der Waals surface area contributed by atoms with Gasteiger partial charge in [0.1, 0.15) is 11.6 Å². The Morgan fingerprint density at radius 3 is 2.38 bits per heavy atom. The monoisotopic (exact) mass is 359 g/mol. The smallest absolute Gasteiger partial charge is 0.344 e. The Morgan fingerprint density at radius 2 is 1.73 bits per heavy atom. The van der Waals surface area contributed by atoms with Gasteiger partial charge in [0.15, 0.2) is 18.5 Å². The van der Waals surface area contributed by atoms with Crippen molar-refractivity contribution in [2.75, 3.05) is 11.9 Å². The molecule has 7 heteroatoms. The van der Waals surface area contributed by atoms with Crippen LogP contribution in [0.2, 0.25) is 0 Å². The average molecular weight is 359 g/mol. The third-order valence-corrected chi connectivity index (χ3v) is 3.41. The predicted octanol–water partition coefficient (Wildman–Crippen LogP) is 2.98. The maximum Gasteiger partial charge on any atom is 0.344 e. The third kappa shape index (κ3) is 5.41. The Bertz CT molecular complexity index is 804. The molecule has 0 radical (unpaired) electrons. The van der Waals surface area contributed by atoms with Crippen LogP contribution in [0.25, 0.3) is 0 Å². The van der Waals surface area contributed by atoms with Crippen LogP contribution < -0.4 is 10.1 Å². The fourth-order valence-corrected chi connectivity index (χ4v) is 2.09. The number of para-hydroxylation sites is 1. The Kier molecular flexibility index (Phi) is 6.43. The molecule has 0 bridgehead atoms. The quantitative estimate of drug-likeness (QED) is 0.607. The molecule has 2 aromatic carbocycles. The van der Waals surface area contributed by atoms with Crippen LogP contribution in [0.3, 0.4) is 0 Å². The van der Waals surface area contributed by atoms with Crippen LogP contribution in [0.5, 0.6) is 5.75 Å². The van der Waals surface area contributed by atoms with Gasteiger partial charge in [-0.05, 0) is 50.2 Å². The third-order valence-electron chi connectivity index (χ3n) is 3.41. The van der Waals surface area contributed by atoms with Gasteiger partial charge < -0.3 is 14.8 Å². The summed E-state index contributed by atoms with van der Waals surface area (Å²) in [6.45, 7) is 2.37. The van der Waals surface area contributed by atoms with Gasteiger partial charge in [0.05, 0.1) is 5.69 Å². The second-order valence-corrected chi connectivity index (χ2v) is 5.47. The predicted molar refractivity (Wildman–Crippen MR) is 92.5 cm³/mol. The van der Waals surface area contributed by atoms with E-state index in [1.54, 1.807) is 24.3 Å². The number of ether oxygens (including phenoxy) is 2. The lowest BCUT2D eigenvalue weighted by molar-refractivity contribution is -0.155. The van der Waals surface area contributed by atoms with Crippen molar-refractivity contribution in [3.63, 3.8) is 0 Å². The first-order valence-electron chi connectivity index (χ1n) is 7.85. The summed E-state index contributed by atoms with van der Waals surface area (Å²) in [5.74, 6) is -1.64. The molecule has 1 atom stereocenters. The molecule has 136 valence electrons. The van der Waals surface area contributed by atoms with Crippen molar-refractivity contribution in [2.45, 2.75) is 20.0 Å². The molecule has 2 aromatic rings. The van der Waals surface area contributed by atoms with E-state index in [0.717, 1.165) is 0 Å². The molecule has 26 heavy (non-hydrogen) atoms. The van der Waals surface area contributed by atoms with Crippen LogP contribution >= 0.6 is 0 Å². The number of Topliss-reactive ketones (excluding diaryl/α,β-unsaturated/α-hetero) is 1. The first-order valence-corrected chi connectivity index (χ1v) is 7.85. The molecule has 0 heterocycles. The Morgan fingerprint density at radius 1 is 1.08 bits per heavy atom. The molecule has 0 unspecified atom stereocenters. The van der Waals surface area contributed by atoms with Crippen LogP contribution in [-0.2, 0) is 14.3 Å². The summed E-state index contributed by atoms with van der Waals surface area (Å²) in [6, 6.07) is 11.7. The van der Waals surface area contributed by atoms with Crippen molar-refractivity contribution < 1.29 is 28.2 Å². The van der Waals surface area contributed by atoms with Crippen LogP contribution in [0.4, 0.5) is 10.1 Å². The Balaban J connectivity index is 1.87. The number of carbonyl (C=O) groups is 3. The molecule has 0 saturated carbocycles. The first kappa shape index (κ1) is 19.1. The highest BCUT2D eigenvalue weighted by Crippen LogP contribution is 2.16. The zero-order chi connectivity index (χ0) is 19.1. The zero-order valence-electron chi connectivity index (χ0n) is 14.3. The van der Waals surface area contributed by atoms with E-state index in [0.29, 0.717) is 17.0 Å². The van der Waals surface area contributed by atoms with Crippen molar-refractivity contribution in [3.05, 3.63) is 59.9 Å². The number of hydrogen-bond acceptors (Lipinski definition) is 5. The lowest BCUT2D eigenvalue weighted by Crippen LogP contribution is -2.32. The molecule has 2 rings (SSSR count). The van der Waals surface area contributed by atoms with Gasteiger partial charge in [-0.2, -0.15) is 0 Å². The van der Waals surface area contributed by atoms with E-state index in [1.807, 2.05) is 0 Å². The number of ketones is 1. The van der Waals surface area contributed by atoms with Gasteiger partial charge in [-0.25, -0.2) is 9.18 Å². The summed E-state index contributed by atoms with van der Waals surface area (Å²) in [4.78, 5) is 35.5. The molecular formula is C19H18FNO5. The summed E-state index contributed by atoms with van der Waals surface area (Å²) in [6.07, 6.45) is -1.08. The van der Waals surface area contributed by atoms with Gasteiger partial charge in [-0.1, -0.05) is 12.1 Å². The van der Waals surface area contributed by atoms with Gasteiger partial charge in [0, 0.05) is 5.56 Å². The highest BCUT2D eigenvalue weighted by molar-refractivity contribution is 6.04. The van der Waals surface area contributed by atoms with E-state index >= 15 is 0 Å². The maximum atomic E-state index is 12.8. The molecule has 1 N–H and O–H groups in total. The molecule has 0 spiro atoms. The minimum Gasteiger partial charge on any atom is -0.482 e. The van der Waals surface area contributed by atoms with E-state index in [2.05, 4.69) is 5.32 Å². The second-order valence-electron chi connectivity index (χ2n) is 5.47. The topological polar surface area (TPSA) is 81.7 Å². The van der Waals surface area contributed by atoms with E-state index in [-0.39, 0.29) is 5.78 Å². The molecule has 0 aliphatic carbocycles. The molecule has 0 aromatic heterocycles. The van der Waals surface area contributed by atoms with E-state index in [4.69, 9.17) is 9.47 Å². The fourth-order valence-electron chi connectivity index (χ4n) is 2.09. The Hall–Kier alpha value is -3.22. The number of amides is 1. The standard InChI is InChI=1S/C19H18FNO5/c1-12(22)16-5-3-4-6-17(16)21-19(24)13(2)26-18(23)11-25-15-9-7-14(20)8-10-15/h3-10,13H,11H2,1-2H3,(H,21,24)/t13-/m0/s1. The zero-order valence-corrected chi connectivity index (χ0v) is 14.3. The molecule has 0 saturated heterocycles. The number of nitrogens with one attached hydrogen (secondary N) is 1. The summed E-state index contributed by atoms with van der Waals surface area (Å²) >= 11 is 0. The van der Waals surface area contributed by atoms with Crippen molar-refractivity contribution in [1.29, 1.82) is 0 Å². The number of hydrogen-bond donors (Lipinski definition) is 1. The SMILES string of the molecule is CC(=O)c1ccccc1NC(=O)[C@H](C)OC(=O)COc1ccc(F)cc1.